The van der Waals surface area contributed by atoms with Crippen LogP contribution in [-0.2, 0) is 0 Å². The van der Waals surface area contributed by atoms with Gasteiger partial charge < -0.3 is 9.32 Å². The minimum atomic E-state index is -0.582. The van der Waals surface area contributed by atoms with Crippen molar-refractivity contribution in [3.63, 3.8) is 0 Å². The molecule has 0 N–H and O–H groups in total. The Kier molecular flexibility index (Phi) is 3.56. The van der Waals surface area contributed by atoms with Gasteiger partial charge in [0.1, 0.15) is 15.7 Å². The van der Waals surface area contributed by atoms with E-state index in [1.807, 2.05) is 14.1 Å². The highest BCUT2D eigenvalue weighted by molar-refractivity contribution is 7.80. The van der Waals surface area contributed by atoms with Gasteiger partial charge in [-0.1, -0.05) is 12.2 Å². The van der Waals surface area contributed by atoms with Crippen molar-refractivity contribution in [2.24, 2.45) is 0 Å². The molecule has 1 aromatic heterocycles. The molecule has 0 saturated heterocycles. The van der Waals surface area contributed by atoms with Crippen LogP contribution in [0.1, 0.15) is 5.76 Å². The average Bonchev–Trinajstić information content (AvgIpc) is 2.62. The molecule has 1 aromatic rings. The maximum Gasteiger partial charge on any atom is 0.433 e. The third-order valence-corrected chi connectivity index (χ3v) is 2.12. The molecule has 0 saturated carbocycles. The van der Waals surface area contributed by atoms with Gasteiger partial charge in [0, 0.05) is 14.1 Å². The van der Waals surface area contributed by atoms with Gasteiger partial charge >= 0.3 is 5.88 Å². The van der Waals surface area contributed by atoms with Crippen molar-refractivity contribution in [3.05, 3.63) is 34.1 Å². The topological polar surface area (TPSA) is 59.5 Å². The van der Waals surface area contributed by atoms with Gasteiger partial charge in [-0.25, -0.2) is 0 Å². The van der Waals surface area contributed by atoms with Crippen LogP contribution in [0.4, 0.5) is 5.88 Å². The molecule has 0 aliphatic heterocycles. The lowest BCUT2D eigenvalue weighted by Crippen LogP contribution is -2.16. The van der Waals surface area contributed by atoms with E-state index in [0.717, 1.165) is 0 Å². The Labute approximate surface area is 92.1 Å². The number of rotatable bonds is 3. The first-order valence-corrected chi connectivity index (χ1v) is 4.55. The van der Waals surface area contributed by atoms with Gasteiger partial charge in [-0.15, -0.1) is 0 Å². The second-order valence-corrected chi connectivity index (χ2v) is 3.42. The molecule has 0 amide bonds. The van der Waals surface area contributed by atoms with E-state index in [9.17, 15) is 10.1 Å². The normalized spacial score (nSPS) is 10.5. The van der Waals surface area contributed by atoms with Crippen LogP contribution in [0.25, 0.3) is 6.08 Å². The SMILES string of the molecule is CN(C)C(=S)C=Cc1ccc([N+](=O)[O-])o1. The first-order valence-electron chi connectivity index (χ1n) is 4.14. The molecule has 0 atom stereocenters. The summed E-state index contributed by atoms with van der Waals surface area (Å²) in [5.41, 5.74) is 0. The number of nitrogens with zero attached hydrogens (tertiary/aromatic N) is 2. The highest BCUT2D eigenvalue weighted by Gasteiger charge is 2.09. The maximum absolute atomic E-state index is 10.3. The molecule has 0 unspecified atom stereocenters. The van der Waals surface area contributed by atoms with Gasteiger partial charge in [-0.3, -0.25) is 10.1 Å². The van der Waals surface area contributed by atoms with E-state index >= 15 is 0 Å². The molecule has 0 radical (unpaired) electrons. The van der Waals surface area contributed by atoms with E-state index in [0.29, 0.717) is 10.7 Å². The fraction of sp³-hybridized carbons (Fsp3) is 0.222. The summed E-state index contributed by atoms with van der Waals surface area (Å²) in [4.78, 5) is 12.1. The first-order chi connectivity index (χ1) is 7.00. The molecule has 0 spiro atoms. The minimum absolute atomic E-state index is 0.273. The Bertz CT molecular complexity index is 409. The van der Waals surface area contributed by atoms with Crippen LogP contribution < -0.4 is 0 Å². The van der Waals surface area contributed by atoms with Gasteiger partial charge in [-0.05, 0) is 18.2 Å². The fourth-order valence-electron chi connectivity index (χ4n) is 0.832. The third-order valence-electron chi connectivity index (χ3n) is 1.62. The van der Waals surface area contributed by atoms with Gasteiger partial charge in [0.2, 0.25) is 0 Å². The second-order valence-electron chi connectivity index (χ2n) is 3.00. The van der Waals surface area contributed by atoms with Gasteiger partial charge in [0.15, 0.2) is 0 Å². The summed E-state index contributed by atoms with van der Waals surface area (Å²) < 4.78 is 4.91. The van der Waals surface area contributed by atoms with E-state index in [1.165, 1.54) is 12.1 Å². The summed E-state index contributed by atoms with van der Waals surface area (Å²) in [5, 5.41) is 10.3. The van der Waals surface area contributed by atoms with E-state index in [-0.39, 0.29) is 5.88 Å². The predicted molar refractivity (Wildman–Crippen MR) is 60.7 cm³/mol. The van der Waals surface area contributed by atoms with Crippen LogP contribution >= 0.6 is 12.2 Å². The zero-order chi connectivity index (χ0) is 11.4. The van der Waals surface area contributed by atoms with Crippen LogP contribution in [0.15, 0.2) is 22.6 Å². The molecule has 0 bridgehead atoms. The van der Waals surface area contributed by atoms with E-state index < -0.39 is 4.92 Å². The van der Waals surface area contributed by atoms with E-state index in [4.69, 9.17) is 16.6 Å². The smallest absolute Gasteiger partial charge is 0.401 e. The summed E-state index contributed by atoms with van der Waals surface area (Å²) in [7, 11) is 3.63. The molecule has 0 aliphatic rings. The van der Waals surface area contributed by atoms with Crippen LogP contribution in [0, 0.1) is 10.1 Å². The van der Waals surface area contributed by atoms with Crippen molar-refractivity contribution in [3.8, 4) is 0 Å². The van der Waals surface area contributed by atoms with Crippen LogP contribution in [0.2, 0.25) is 0 Å². The monoisotopic (exact) mass is 226 g/mol. The molecule has 15 heavy (non-hydrogen) atoms. The van der Waals surface area contributed by atoms with Crippen molar-refractivity contribution in [1.29, 1.82) is 0 Å². The molecule has 0 fully saturated rings. The van der Waals surface area contributed by atoms with E-state index in [2.05, 4.69) is 0 Å². The highest BCUT2D eigenvalue weighted by Crippen LogP contribution is 2.16. The molecule has 0 aromatic carbocycles. The molecule has 5 nitrogen and oxygen atoms in total. The number of furan rings is 1. The number of hydrogen-bond donors (Lipinski definition) is 0. The zero-order valence-corrected chi connectivity index (χ0v) is 9.15. The summed E-state index contributed by atoms with van der Waals surface area (Å²) in [5.74, 6) is 0.135. The summed E-state index contributed by atoms with van der Waals surface area (Å²) >= 11 is 5.00. The highest BCUT2D eigenvalue weighted by atomic mass is 32.1. The fourth-order valence-corrected chi connectivity index (χ4v) is 0.900. The number of likely N-dealkylation sites (N-methyl/N-ethyl adjacent to an activating group) is 1. The molecule has 80 valence electrons. The Morgan fingerprint density at radius 1 is 1.60 bits per heavy atom. The van der Waals surface area contributed by atoms with Gasteiger partial charge in [0.25, 0.3) is 0 Å². The van der Waals surface area contributed by atoms with Crippen molar-refractivity contribution in [2.45, 2.75) is 0 Å². The summed E-state index contributed by atoms with van der Waals surface area (Å²) in [6.07, 6.45) is 3.24. The molecule has 6 heteroatoms. The van der Waals surface area contributed by atoms with Crippen molar-refractivity contribution in [2.75, 3.05) is 14.1 Å². The van der Waals surface area contributed by atoms with Gasteiger partial charge in [-0.2, -0.15) is 0 Å². The standard InChI is InChI=1S/C9H10N2O3S/c1-10(2)9(15)6-4-7-3-5-8(14-7)11(12)13/h3-6H,1-2H3. The van der Waals surface area contributed by atoms with Gasteiger partial charge in [0.05, 0.1) is 6.07 Å². The second kappa shape index (κ2) is 4.70. The lowest BCUT2D eigenvalue weighted by molar-refractivity contribution is -0.402. The molecular weight excluding hydrogens is 216 g/mol. The zero-order valence-electron chi connectivity index (χ0n) is 8.34. The minimum Gasteiger partial charge on any atom is -0.401 e. The van der Waals surface area contributed by atoms with Crippen LogP contribution in [-0.4, -0.2) is 28.9 Å². The van der Waals surface area contributed by atoms with Crippen molar-refractivity contribution in [1.82, 2.24) is 4.90 Å². The third kappa shape index (κ3) is 3.17. The summed E-state index contributed by atoms with van der Waals surface area (Å²) in [6, 6.07) is 2.82. The number of nitro groups is 1. The van der Waals surface area contributed by atoms with Crippen LogP contribution in [0.3, 0.4) is 0 Å². The molecule has 1 heterocycles. The number of thiocarbonyl (C=S) groups is 1. The Balaban J connectivity index is 2.73. The van der Waals surface area contributed by atoms with E-state index in [1.54, 1.807) is 17.1 Å². The quantitative estimate of drug-likeness (QED) is 0.342. The predicted octanol–water partition coefficient (Wildman–Crippen LogP) is 2.09. The van der Waals surface area contributed by atoms with Crippen molar-refractivity contribution >= 4 is 29.2 Å². The molecule has 0 aliphatic carbocycles. The van der Waals surface area contributed by atoms with Crippen molar-refractivity contribution < 1.29 is 9.34 Å². The Morgan fingerprint density at radius 3 is 2.73 bits per heavy atom. The first kappa shape index (κ1) is 11.4. The Morgan fingerprint density at radius 2 is 2.27 bits per heavy atom. The largest absolute Gasteiger partial charge is 0.433 e. The molecule has 1 rings (SSSR count). The molecular formula is C9H10N2O3S. The van der Waals surface area contributed by atoms with Crippen LogP contribution in [0.5, 0.6) is 0 Å². The lowest BCUT2D eigenvalue weighted by Gasteiger charge is -2.08. The Hall–Kier alpha value is -1.69. The number of hydrogen-bond acceptors (Lipinski definition) is 4. The lowest BCUT2D eigenvalue weighted by atomic mass is 10.4. The maximum atomic E-state index is 10.3. The summed E-state index contributed by atoms with van der Waals surface area (Å²) in [6.45, 7) is 0. The average molecular weight is 226 g/mol.